The van der Waals surface area contributed by atoms with Gasteiger partial charge in [0, 0.05) is 33.1 Å². The van der Waals surface area contributed by atoms with Gasteiger partial charge in [-0.15, -0.1) is 0 Å². The fourth-order valence-corrected chi connectivity index (χ4v) is 3.32. The highest BCUT2D eigenvalue weighted by atomic mass is 35.5. The summed E-state index contributed by atoms with van der Waals surface area (Å²) in [6.45, 7) is -0.281. The van der Waals surface area contributed by atoms with E-state index >= 15 is 0 Å². The summed E-state index contributed by atoms with van der Waals surface area (Å²) in [5.74, 6) is 0.448. The van der Waals surface area contributed by atoms with Crippen molar-refractivity contribution in [2.75, 3.05) is 20.8 Å². The lowest BCUT2D eigenvalue weighted by Gasteiger charge is -2.17. The number of H-pyrrole nitrogens is 1. The van der Waals surface area contributed by atoms with Gasteiger partial charge in [-0.1, -0.05) is 29.8 Å². The molecule has 0 saturated carbocycles. The first-order valence-electron chi connectivity index (χ1n) is 7.64. The van der Waals surface area contributed by atoms with Crippen LogP contribution in [0.2, 0.25) is 5.02 Å². The third-order valence-electron chi connectivity index (χ3n) is 4.21. The van der Waals surface area contributed by atoms with Crippen molar-refractivity contribution in [1.29, 1.82) is 0 Å². The summed E-state index contributed by atoms with van der Waals surface area (Å²) in [6, 6.07) is 11.0. The first-order valence-corrected chi connectivity index (χ1v) is 8.02. The Kier molecular flexibility index (Phi) is 4.81. The number of fused-ring (bicyclic) bond motifs is 1. The number of aromatic nitrogens is 1. The van der Waals surface area contributed by atoms with Crippen LogP contribution in [0.25, 0.3) is 10.9 Å². The van der Waals surface area contributed by atoms with Crippen LogP contribution in [0.1, 0.15) is 17.0 Å². The molecule has 2 aromatic carbocycles. The lowest BCUT2D eigenvalue weighted by molar-refractivity contribution is -0.481. The summed E-state index contributed by atoms with van der Waals surface area (Å²) in [6.07, 6.45) is 1.80. The lowest BCUT2D eigenvalue weighted by atomic mass is 9.90. The summed E-state index contributed by atoms with van der Waals surface area (Å²) in [7, 11) is 3.03. The number of hydrogen-bond acceptors (Lipinski definition) is 4. The number of ether oxygens (including phenoxy) is 2. The van der Waals surface area contributed by atoms with E-state index in [0.29, 0.717) is 22.1 Å². The topological polar surface area (TPSA) is 77.4 Å². The third kappa shape index (κ3) is 3.25. The highest BCUT2D eigenvalue weighted by molar-refractivity contribution is 6.31. The quantitative estimate of drug-likeness (QED) is 0.526. The van der Waals surface area contributed by atoms with Crippen molar-refractivity contribution >= 4 is 22.5 Å². The Hall–Kier alpha value is -2.73. The molecule has 6 nitrogen and oxygen atoms in total. The Morgan fingerprint density at radius 1 is 1.16 bits per heavy atom. The Morgan fingerprint density at radius 2 is 1.84 bits per heavy atom. The SMILES string of the molecule is COc1cc(Cl)c([C@H](C[N+](=O)[O-])c2c[nH]c3ccccc23)cc1OC. The van der Waals surface area contributed by atoms with E-state index < -0.39 is 5.92 Å². The van der Waals surface area contributed by atoms with Crippen LogP contribution in [0.4, 0.5) is 0 Å². The number of rotatable bonds is 6. The summed E-state index contributed by atoms with van der Waals surface area (Å²) < 4.78 is 10.6. The fourth-order valence-electron chi connectivity index (χ4n) is 3.03. The highest BCUT2D eigenvalue weighted by Gasteiger charge is 2.27. The van der Waals surface area contributed by atoms with E-state index in [1.165, 1.54) is 14.2 Å². The van der Waals surface area contributed by atoms with Crippen LogP contribution < -0.4 is 9.47 Å². The molecule has 0 radical (unpaired) electrons. The van der Waals surface area contributed by atoms with E-state index in [9.17, 15) is 10.1 Å². The molecule has 7 heteroatoms. The maximum atomic E-state index is 11.3. The van der Waals surface area contributed by atoms with Gasteiger partial charge in [-0.05, 0) is 23.3 Å². The van der Waals surface area contributed by atoms with Gasteiger partial charge in [0.2, 0.25) is 6.54 Å². The smallest absolute Gasteiger partial charge is 0.214 e. The molecule has 1 heterocycles. The number of nitrogens with one attached hydrogen (secondary N) is 1. The first-order chi connectivity index (χ1) is 12.0. The second-order valence-electron chi connectivity index (χ2n) is 5.59. The van der Waals surface area contributed by atoms with Crippen LogP contribution >= 0.6 is 11.6 Å². The molecule has 3 rings (SSSR count). The van der Waals surface area contributed by atoms with Gasteiger partial charge in [0.15, 0.2) is 11.5 Å². The molecule has 0 aliphatic heterocycles. The summed E-state index contributed by atoms with van der Waals surface area (Å²) in [5.41, 5.74) is 2.37. The van der Waals surface area contributed by atoms with E-state index in [-0.39, 0.29) is 11.5 Å². The zero-order chi connectivity index (χ0) is 18.0. The highest BCUT2D eigenvalue weighted by Crippen LogP contribution is 2.40. The molecule has 0 spiro atoms. The third-order valence-corrected chi connectivity index (χ3v) is 4.53. The average Bonchev–Trinajstić information content (AvgIpc) is 3.03. The number of para-hydroxylation sites is 1. The number of nitro groups is 1. The zero-order valence-electron chi connectivity index (χ0n) is 13.8. The maximum absolute atomic E-state index is 11.3. The largest absolute Gasteiger partial charge is 0.493 e. The Morgan fingerprint density at radius 3 is 2.52 bits per heavy atom. The fraction of sp³-hybridized carbons (Fsp3) is 0.222. The minimum absolute atomic E-state index is 0.281. The zero-order valence-corrected chi connectivity index (χ0v) is 14.5. The molecule has 1 aromatic heterocycles. The molecule has 3 aromatic rings. The molecule has 130 valence electrons. The van der Waals surface area contributed by atoms with Gasteiger partial charge >= 0.3 is 0 Å². The van der Waals surface area contributed by atoms with Crippen LogP contribution in [0, 0.1) is 10.1 Å². The molecule has 1 atom stereocenters. The minimum atomic E-state index is -0.515. The van der Waals surface area contributed by atoms with E-state index in [2.05, 4.69) is 4.98 Å². The first kappa shape index (κ1) is 17.1. The molecule has 1 N–H and O–H groups in total. The standard InChI is InChI=1S/C18H17ClN2O4/c1-24-17-7-12(15(19)8-18(17)25-2)14(10-21(22)23)13-9-20-16-6-4-3-5-11(13)16/h3-9,14,20H,10H2,1-2H3/t14-/m0/s1. The van der Waals surface area contributed by atoms with Crippen LogP contribution in [-0.2, 0) is 0 Å². The Balaban J connectivity index is 2.18. The number of hydrogen-bond donors (Lipinski definition) is 1. The molecule has 0 unspecified atom stereocenters. The van der Waals surface area contributed by atoms with Crippen molar-refractivity contribution in [2.45, 2.75) is 5.92 Å². The second-order valence-corrected chi connectivity index (χ2v) is 5.99. The van der Waals surface area contributed by atoms with Gasteiger partial charge in [0.25, 0.3) is 0 Å². The van der Waals surface area contributed by atoms with Crippen LogP contribution in [0.15, 0.2) is 42.6 Å². The number of methoxy groups -OCH3 is 2. The van der Waals surface area contributed by atoms with E-state index in [1.54, 1.807) is 18.3 Å². The average molecular weight is 361 g/mol. The Labute approximate surface area is 149 Å². The van der Waals surface area contributed by atoms with Crippen molar-refractivity contribution in [3.8, 4) is 11.5 Å². The van der Waals surface area contributed by atoms with Crippen molar-refractivity contribution < 1.29 is 14.4 Å². The van der Waals surface area contributed by atoms with Crippen LogP contribution in [0.3, 0.4) is 0 Å². The molecule has 0 fully saturated rings. The number of nitrogens with zero attached hydrogens (tertiary/aromatic N) is 1. The normalized spacial score (nSPS) is 12.1. The van der Waals surface area contributed by atoms with Gasteiger partial charge in [0.1, 0.15) is 0 Å². The monoisotopic (exact) mass is 360 g/mol. The number of halogens is 1. The second kappa shape index (κ2) is 7.03. The molecule has 25 heavy (non-hydrogen) atoms. The molecule has 0 amide bonds. The van der Waals surface area contributed by atoms with Crippen molar-refractivity contribution in [1.82, 2.24) is 4.98 Å². The summed E-state index contributed by atoms with van der Waals surface area (Å²) in [5, 5.41) is 12.6. The molecular formula is C18H17ClN2O4. The summed E-state index contributed by atoms with van der Waals surface area (Å²) >= 11 is 6.42. The molecular weight excluding hydrogens is 344 g/mol. The number of aromatic amines is 1. The van der Waals surface area contributed by atoms with Gasteiger partial charge in [0.05, 0.1) is 20.1 Å². The van der Waals surface area contributed by atoms with Crippen molar-refractivity contribution in [3.63, 3.8) is 0 Å². The van der Waals surface area contributed by atoms with Gasteiger partial charge < -0.3 is 14.5 Å². The molecule has 0 saturated heterocycles. The van der Waals surface area contributed by atoms with Gasteiger partial charge in [-0.25, -0.2) is 0 Å². The Bertz CT molecular complexity index is 923. The molecule has 0 aliphatic rings. The lowest BCUT2D eigenvalue weighted by Crippen LogP contribution is -2.14. The van der Waals surface area contributed by atoms with Crippen LogP contribution in [-0.4, -0.2) is 30.7 Å². The van der Waals surface area contributed by atoms with E-state index in [4.69, 9.17) is 21.1 Å². The predicted molar refractivity (Wildman–Crippen MR) is 96.6 cm³/mol. The van der Waals surface area contributed by atoms with Crippen LogP contribution in [0.5, 0.6) is 11.5 Å². The van der Waals surface area contributed by atoms with E-state index in [0.717, 1.165) is 16.5 Å². The van der Waals surface area contributed by atoms with Crippen molar-refractivity contribution in [2.24, 2.45) is 0 Å². The molecule has 0 bridgehead atoms. The number of benzene rings is 2. The van der Waals surface area contributed by atoms with E-state index in [1.807, 2.05) is 24.3 Å². The minimum Gasteiger partial charge on any atom is -0.493 e. The van der Waals surface area contributed by atoms with Gasteiger partial charge in [-0.3, -0.25) is 10.1 Å². The molecule has 0 aliphatic carbocycles. The summed E-state index contributed by atoms with van der Waals surface area (Å²) in [4.78, 5) is 14.1. The predicted octanol–water partition coefficient (Wildman–Crippen LogP) is 4.25. The maximum Gasteiger partial charge on any atom is 0.214 e. The van der Waals surface area contributed by atoms with Gasteiger partial charge in [-0.2, -0.15) is 0 Å². The van der Waals surface area contributed by atoms with Crippen molar-refractivity contribution in [3.05, 3.63) is 68.9 Å².